The van der Waals surface area contributed by atoms with Crippen LogP contribution in [0.5, 0.6) is 0 Å². The normalized spacial score (nSPS) is 22.7. The average Bonchev–Trinajstić information content (AvgIpc) is 3.09. The van der Waals surface area contributed by atoms with Gasteiger partial charge in [0, 0.05) is 57.1 Å². The molecule has 2 heterocycles. The molecule has 3 amide bonds. The molecule has 2 saturated heterocycles. The predicted octanol–water partition coefficient (Wildman–Crippen LogP) is 4.48. The van der Waals surface area contributed by atoms with Crippen molar-refractivity contribution >= 4 is 29.3 Å². The summed E-state index contributed by atoms with van der Waals surface area (Å²) in [6.45, 7) is 4.05. The van der Waals surface area contributed by atoms with E-state index in [4.69, 9.17) is 16.3 Å². The number of ether oxygens (including phenoxy) is 1. The van der Waals surface area contributed by atoms with E-state index in [0.29, 0.717) is 36.7 Å². The predicted molar refractivity (Wildman–Crippen MR) is 135 cm³/mol. The van der Waals surface area contributed by atoms with E-state index in [0.717, 1.165) is 12.8 Å². The van der Waals surface area contributed by atoms with Crippen molar-refractivity contribution in [1.82, 2.24) is 9.80 Å². The Morgan fingerprint density at radius 2 is 1.97 bits per heavy atom. The number of halogens is 1. The van der Waals surface area contributed by atoms with Crippen LogP contribution in [0.25, 0.3) is 0 Å². The number of imide groups is 1. The topological polar surface area (TPSA) is 66.9 Å². The Morgan fingerprint density at radius 1 is 1.17 bits per heavy atom. The summed E-state index contributed by atoms with van der Waals surface area (Å²) < 4.78 is 5.09. The van der Waals surface area contributed by atoms with Crippen molar-refractivity contribution in [2.45, 2.75) is 50.4 Å². The third kappa shape index (κ3) is 5.29. The van der Waals surface area contributed by atoms with Gasteiger partial charge in [-0.15, -0.1) is 0 Å². The van der Waals surface area contributed by atoms with Gasteiger partial charge in [-0.25, -0.2) is 0 Å². The molecule has 2 aromatic rings. The molecule has 2 fully saturated rings. The van der Waals surface area contributed by atoms with Gasteiger partial charge in [0.15, 0.2) is 0 Å². The molecule has 6 nitrogen and oxygen atoms in total. The van der Waals surface area contributed by atoms with E-state index in [-0.39, 0.29) is 43.0 Å². The third-order valence-corrected chi connectivity index (χ3v) is 7.60. The van der Waals surface area contributed by atoms with Crippen molar-refractivity contribution in [3.05, 3.63) is 70.2 Å². The molecule has 0 unspecified atom stereocenters. The molecule has 0 spiro atoms. The van der Waals surface area contributed by atoms with Crippen molar-refractivity contribution in [3.8, 4) is 0 Å². The number of rotatable bonds is 8. The van der Waals surface area contributed by atoms with Gasteiger partial charge in [-0.2, -0.15) is 0 Å². The Balaban J connectivity index is 1.59. The van der Waals surface area contributed by atoms with Gasteiger partial charge in [-0.1, -0.05) is 59.6 Å². The number of hydrogen-bond acceptors (Lipinski definition) is 4. The number of amides is 3. The van der Waals surface area contributed by atoms with Gasteiger partial charge in [0.25, 0.3) is 0 Å². The fraction of sp³-hybridized carbons (Fsp3) is 0.464. The number of methoxy groups -OCH3 is 1. The minimum absolute atomic E-state index is 0.0521. The van der Waals surface area contributed by atoms with Crippen molar-refractivity contribution in [2.24, 2.45) is 0 Å². The lowest BCUT2D eigenvalue weighted by Crippen LogP contribution is -2.46. The lowest BCUT2D eigenvalue weighted by atomic mass is 9.75. The van der Waals surface area contributed by atoms with Gasteiger partial charge in [0.2, 0.25) is 17.7 Å². The van der Waals surface area contributed by atoms with Gasteiger partial charge in [-0.05, 0) is 43.4 Å². The maximum absolute atomic E-state index is 13.8. The first kappa shape index (κ1) is 25.4. The SMILES string of the molecule is COCCCN1C(=O)C[C@](CC(=O)N2CCC[C@@H](c3cccc(C)c3)C2)(c2ccccc2Cl)C1=O. The summed E-state index contributed by atoms with van der Waals surface area (Å²) in [6, 6.07) is 15.5. The Morgan fingerprint density at radius 3 is 2.71 bits per heavy atom. The molecule has 0 aromatic heterocycles. The van der Waals surface area contributed by atoms with E-state index in [2.05, 4.69) is 31.2 Å². The lowest BCUT2D eigenvalue weighted by molar-refractivity contribution is -0.143. The van der Waals surface area contributed by atoms with Gasteiger partial charge in [0.1, 0.15) is 0 Å². The second-order valence-corrected chi connectivity index (χ2v) is 10.1. The summed E-state index contributed by atoms with van der Waals surface area (Å²) in [7, 11) is 1.59. The van der Waals surface area contributed by atoms with Crippen LogP contribution in [0.1, 0.15) is 54.7 Å². The zero-order chi connectivity index (χ0) is 25.0. The zero-order valence-corrected chi connectivity index (χ0v) is 21.2. The number of hydrogen-bond donors (Lipinski definition) is 0. The standard InChI is InChI=1S/C28H33ClN2O4/c1-20-8-5-9-21(16-20)22-10-6-13-30(19-22)25(32)17-28(23-11-3-4-12-24(23)29)18-26(33)31(27(28)34)14-7-15-35-2/h3-5,8-9,11-12,16,22H,6-7,10,13-15,17-19H2,1-2H3/t22-,28-/m1/s1. The Bertz CT molecular complexity index is 1100. The number of piperidine rings is 1. The van der Waals surface area contributed by atoms with Crippen LogP contribution in [0, 0.1) is 6.92 Å². The molecule has 0 saturated carbocycles. The van der Waals surface area contributed by atoms with E-state index in [1.165, 1.54) is 16.0 Å². The van der Waals surface area contributed by atoms with Crippen molar-refractivity contribution in [2.75, 3.05) is 33.4 Å². The van der Waals surface area contributed by atoms with E-state index in [9.17, 15) is 14.4 Å². The molecule has 4 rings (SSSR count). The second-order valence-electron chi connectivity index (χ2n) is 9.71. The summed E-state index contributed by atoms with van der Waals surface area (Å²) in [5.41, 5.74) is 1.71. The van der Waals surface area contributed by atoms with Gasteiger partial charge in [-0.3, -0.25) is 19.3 Å². The Hall–Kier alpha value is -2.70. The smallest absolute Gasteiger partial charge is 0.240 e. The third-order valence-electron chi connectivity index (χ3n) is 7.27. The summed E-state index contributed by atoms with van der Waals surface area (Å²) in [6.07, 6.45) is 2.35. The maximum atomic E-state index is 13.8. The first-order valence-corrected chi connectivity index (χ1v) is 12.7. The number of carbonyl (C=O) groups excluding carboxylic acids is 3. The Labute approximate surface area is 212 Å². The highest BCUT2D eigenvalue weighted by molar-refractivity contribution is 6.32. The van der Waals surface area contributed by atoms with Crippen LogP contribution in [-0.2, 0) is 24.5 Å². The zero-order valence-electron chi connectivity index (χ0n) is 20.5. The van der Waals surface area contributed by atoms with Crippen LogP contribution < -0.4 is 0 Å². The number of carbonyl (C=O) groups is 3. The molecule has 186 valence electrons. The second kappa shape index (κ2) is 10.9. The number of benzene rings is 2. The van der Waals surface area contributed by atoms with Crippen molar-refractivity contribution in [3.63, 3.8) is 0 Å². The highest BCUT2D eigenvalue weighted by Crippen LogP contribution is 2.43. The summed E-state index contributed by atoms with van der Waals surface area (Å²) in [5.74, 6) is -0.458. The van der Waals surface area contributed by atoms with Crippen LogP contribution in [0.3, 0.4) is 0 Å². The molecule has 7 heteroatoms. The van der Waals surface area contributed by atoms with Gasteiger partial charge >= 0.3 is 0 Å². The molecule has 0 bridgehead atoms. The summed E-state index contributed by atoms with van der Waals surface area (Å²) >= 11 is 6.54. The van der Waals surface area contributed by atoms with Crippen molar-refractivity contribution < 1.29 is 19.1 Å². The summed E-state index contributed by atoms with van der Waals surface area (Å²) in [5, 5.41) is 0.400. The molecular weight excluding hydrogens is 464 g/mol. The molecule has 0 radical (unpaired) electrons. The van der Waals surface area contributed by atoms with Gasteiger partial charge in [0.05, 0.1) is 5.41 Å². The lowest BCUT2D eigenvalue weighted by Gasteiger charge is -2.36. The van der Waals surface area contributed by atoms with E-state index < -0.39 is 5.41 Å². The van der Waals surface area contributed by atoms with E-state index in [1.54, 1.807) is 31.4 Å². The maximum Gasteiger partial charge on any atom is 0.240 e. The Kier molecular flexibility index (Phi) is 7.92. The average molecular weight is 497 g/mol. The van der Waals surface area contributed by atoms with Crippen LogP contribution in [0.15, 0.2) is 48.5 Å². The van der Waals surface area contributed by atoms with Gasteiger partial charge < -0.3 is 9.64 Å². The fourth-order valence-corrected chi connectivity index (χ4v) is 5.77. The molecule has 0 aliphatic carbocycles. The van der Waals surface area contributed by atoms with Crippen LogP contribution in [0.4, 0.5) is 0 Å². The molecular formula is C28H33ClN2O4. The largest absolute Gasteiger partial charge is 0.385 e. The highest BCUT2D eigenvalue weighted by atomic mass is 35.5. The molecule has 0 N–H and O–H groups in total. The van der Waals surface area contributed by atoms with E-state index in [1.807, 2.05) is 4.90 Å². The van der Waals surface area contributed by atoms with Crippen molar-refractivity contribution in [1.29, 1.82) is 0 Å². The highest BCUT2D eigenvalue weighted by Gasteiger charge is 2.54. The molecule has 2 aliphatic heterocycles. The molecule has 2 aliphatic rings. The molecule has 2 aromatic carbocycles. The first-order valence-electron chi connectivity index (χ1n) is 12.3. The fourth-order valence-electron chi connectivity index (χ4n) is 5.46. The molecule has 35 heavy (non-hydrogen) atoms. The van der Waals surface area contributed by atoms with Crippen LogP contribution in [-0.4, -0.2) is 60.9 Å². The minimum Gasteiger partial charge on any atom is -0.385 e. The number of nitrogens with zero attached hydrogens (tertiary/aromatic N) is 2. The monoisotopic (exact) mass is 496 g/mol. The number of likely N-dealkylation sites (tertiary alicyclic amines) is 2. The number of aryl methyl sites for hydroxylation is 1. The quantitative estimate of drug-likeness (QED) is 0.399. The minimum atomic E-state index is -1.28. The first-order chi connectivity index (χ1) is 16.9. The van der Waals surface area contributed by atoms with Crippen LogP contribution >= 0.6 is 11.6 Å². The van der Waals surface area contributed by atoms with E-state index >= 15 is 0 Å². The molecule has 2 atom stereocenters. The summed E-state index contributed by atoms with van der Waals surface area (Å²) in [4.78, 5) is 43.6. The van der Waals surface area contributed by atoms with Crippen LogP contribution in [0.2, 0.25) is 5.02 Å².